The lowest BCUT2D eigenvalue weighted by molar-refractivity contribution is 0.143. The molecular formula is C18H25N3O2S2. The average Bonchev–Trinajstić information content (AvgIpc) is 3.01. The Hall–Kier alpha value is -1.47. The molecule has 1 aromatic carbocycles. The lowest BCUT2D eigenvalue weighted by Crippen LogP contribution is -2.35. The third kappa shape index (κ3) is 4.58. The molecule has 1 amide bonds. The molecule has 7 heteroatoms. The van der Waals surface area contributed by atoms with Crippen LogP contribution in [-0.4, -0.2) is 54.9 Å². The number of amides is 1. The van der Waals surface area contributed by atoms with Gasteiger partial charge in [0.15, 0.2) is 0 Å². The zero-order chi connectivity index (χ0) is 17.8. The van der Waals surface area contributed by atoms with Crippen molar-refractivity contribution in [3.8, 4) is 0 Å². The van der Waals surface area contributed by atoms with Crippen molar-refractivity contribution >= 4 is 46.4 Å². The molecule has 0 saturated carbocycles. The van der Waals surface area contributed by atoms with E-state index in [-0.39, 0.29) is 12.2 Å². The van der Waals surface area contributed by atoms with Crippen molar-refractivity contribution < 1.29 is 9.53 Å². The molecule has 5 nitrogen and oxygen atoms in total. The molecule has 1 atom stereocenters. The Labute approximate surface area is 159 Å². The monoisotopic (exact) mass is 379 g/mol. The highest BCUT2D eigenvalue weighted by Gasteiger charge is 2.32. The van der Waals surface area contributed by atoms with Crippen molar-refractivity contribution in [3.63, 3.8) is 0 Å². The van der Waals surface area contributed by atoms with Crippen LogP contribution in [0.25, 0.3) is 0 Å². The molecule has 136 valence electrons. The number of carbonyl (C=O) groups is 1. The summed E-state index contributed by atoms with van der Waals surface area (Å²) < 4.78 is 5.46. The van der Waals surface area contributed by atoms with E-state index in [4.69, 9.17) is 17.0 Å². The van der Waals surface area contributed by atoms with E-state index < -0.39 is 0 Å². The fourth-order valence-corrected chi connectivity index (χ4v) is 3.91. The van der Waals surface area contributed by atoms with Gasteiger partial charge in [0.25, 0.3) is 0 Å². The first-order valence-electron chi connectivity index (χ1n) is 8.73. The predicted molar refractivity (Wildman–Crippen MR) is 109 cm³/mol. The Morgan fingerprint density at radius 2 is 1.92 bits per heavy atom. The van der Waals surface area contributed by atoms with E-state index in [1.807, 2.05) is 37.7 Å². The average molecular weight is 380 g/mol. The molecule has 2 saturated heterocycles. The summed E-state index contributed by atoms with van der Waals surface area (Å²) in [6.07, 6.45) is -0.465. The standard InChI is InChI=1S/C18H25N3O2S2/c1-13(2)17(24)19-11-16-12-21(18(22)23-16)15-5-3-14(4-6-15)20-7-9-25-10-8-20/h3-6,13,16H,7-12H2,1-2H3,(H,19,24)/t16-/m0/s1. The van der Waals surface area contributed by atoms with Crippen molar-refractivity contribution in [2.45, 2.75) is 20.0 Å². The molecule has 2 aliphatic heterocycles. The van der Waals surface area contributed by atoms with E-state index in [0.717, 1.165) is 23.8 Å². The second kappa shape index (κ2) is 8.27. The zero-order valence-electron chi connectivity index (χ0n) is 14.7. The van der Waals surface area contributed by atoms with Crippen LogP contribution in [0.3, 0.4) is 0 Å². The molecule has 0 unspecified atom stereocenters. The number of nitrogens with one attached hydrogen (secondary N) is 1. The summed E-state index contributed by atoms with van der Waals surface area (Å²) in [6, 6.07) is 8.20. The summed E-state index contributed by atoms with van der Waals surface area (Å²) >= 11 is 7.27. The molecule has 3 rings (SSSR count). The van der Waals surface area contributed by atoms with Gasteiger partial charge in [0, 0.05) is 41.9 Å². The topological polar surface area (TPSA) is 44.8 Å². The third-order valence-electron chi connectivity index (χ3n) is 4.44. The highest BCUT2D eigenvalue weighted by atomic mass is 32.2. The summed E-state index contributed by atoms with van der Waals surface area (Å²) in [5.41, 5.74) is 2.10. The van der Waals surface area contributed by atoms with E-state index >= 15 is 0 Å². The Morgan fingerprint density at radius 3 is 2.56 bits per heavy atom. The summed E-state index contributed by atoms with van der Waals surface area (Å²) in [6.45, 7) is 7.36. The van der Waals surface area contributed by atoms with Crippen molar-refractivity contribution in [3.05, 3.63) is 24.3 Å². The van der Waals surface area contributed by atoms with Gasteiger partial charge < -0.3 is 15.0 Å². The SMILES string of the molecule is CC(C)C(=S)NC[C@H]1CN(c2ccc(N3CCSCC3)cc2)C(=O)O1. The number of rotatable bonds is 5. The molecular weight excluding hydrogens is 354 g/mol. The van der Waals surface area contributed by atoms with Crippen LogP contribution in [0.4, 0.5) is 16.2 Å². The Morgan fingerprint density at radius 1 is 1.28 bits per heavy atom. The van der Waals surface area contributed by atoms with Gasteiger partial charge >= 0.3 is 6.09 Å². The predicted octanol–water partition coefficient (Wildman–Crippen LogP) is 3.14. The Balaban J connectivity index is 1.58. The molecule has 2 heterocycles. The highest BCUT2D eigenvalue weighted by molar-refractivity contribution is 7.99. The van der Waals surface area contributed by atoms with Crippen LogP contribution in [0.5, 0.6) is 0 Å². The molecule has 0 aromatic heterocycles. The lowest BCUT2D eigenvalue weighted by Gasteiger charge is -2.28. The number of thioether (sulfide) groups is 1. The normalized spacial score (nSPS) is 20.8. The summed E-state index contributed by atoms with van der Waals surface area (Å²) in [5.74, 6) is 2.64. The molecule has 25 heavy (non-hydrogen) atoms. The van der Waals surface area contributed by atoms with Gasteiger partial charge in [0.05, 0.1) is 18.1 Å². The minimum absolute atomic E-state index is 0.178. The van der Waals surface area contributed by atoms with Gasteiger partial charge in [-0.15, -0.1) is 0 Å². The zero-order valence-corrected chi connectivity index (χ0v) is 16.4. The number of nitrogens with zero attached hydrogens (tertiary/aromatic N) is 2. The Bertz CT molecular complexity index is 615. The summed E-state index contributed by atoms with van der Waals surface area (Å²) in [4.78, 5) is 17.1. The number of ether oxygens (including phenoxy) is 1. The largest absolute Gasteiger partial charge is 0.442 e. The van der Waals surface area contributed by atoms with Gasteiger partial charge in [-0.05, 0) is 24.3 Å². The highest BCUT2D eigenvalue weighted by Crippen LogP contribution is 2.26. The Kier molecular flexibility index (Phi) is 6.06. The van der Waals surface area contributed by atoms with Gasteiger partial charge in [-0.25, -0.2) is 4.79 Å². The molecule has 0 bridgehead atoms. The number of thiocarbonyl (C=S) groups is 1. The summed E-state index contributed by atoms with van der Waals surface area (Å²) in [5, 5.41) is 3.19. The van der Waals surface area contributed by atoms with Crippen molar-refractivity contribution in [1.29, 1.82) is 0 Å². The fraction of sp³-hybridized carbons (Fsp3) is 0.556. The lowest BCUT2D eigenvalue weighted by atomic mass is 10.2. The number of cyclic esters (lactones) is 1. The van der Waals surface area contributed by atoms with Crippen LogP contribution in [0.1, 0.15) is 13.8 Å². The summed E-state index contributed by atoms with van der Waals surface area (Å²) in [7, 11) is 0. The van der Waals surface area contributed by atoms with Crippen LogP contribution < -0.4 is 15.1 Å². The molecule has 2 aliphatic rings. The molecule has 0 spiro atoms. The first kappa shape index (κ1) is 18.3. The maximum atomic E-state index is 12.2. The van der Waals surface area contributed by atoms with Crippen LogP contribution in [0.2, 0.25) is 0 Å². The minimum Gasteiger partial charge on any atom is -0.442 e. The van der Waals surface area contributed by atoms with Gasteiger partial charge in [-0.1, -0.05) is 26.1 Å². The van der Waals surface area contributed by atoms with E-state index in [1.165, 1.54) is 17.2 Å². The van der Waals surface area contributed by atoms with E-state index in [0.29, 0.717) is 19.0 Å². The smallest absolute Gasteiger partial charge is 0.414 e. The number of hydrogen-bond acceptors (Lipinski definition) is 5. The van der Waals surface area contributed by atoms with Crippen LogP contribution in [0, 0.1) is 5.92 Å². The molecule has 0 aliphatic carbocycles. The van der Waals surface area contributed by atoms with Crippen molar-refractivity contribution in [1.82, 2.24) is 5.32 Å². The number of anilines is 2. The van der Waals surface area contributed by atoms with Gasteiger partial charge in [0.1, 0.15) is 6.10 Å². The van der Waals surface area contributed by atoms with Crippen molar-refractivity contribution in [2.75, 3.05) is 47.5 Å². The van der Waals surface area contributed by atoms with E-state index in [2.05, 4.69) is 22.3 Å². The van der Waals surface area contributed by atoms with Crippen LogP contribution in [0.15, 0.2) is 24.3 Å². The van der Waals surface area contributed by atoms with Crippen molar-refractivity contribution in [2.24, 2.45) is 5.92 Å². The first-order chi connectivity index (χ1) is 12.0. The second-order valence-electron chi connectivity index (χ2n) is 6.63. The molecule has 0 radical (unpaired) electrons. The second-order valence-corrected chi connectivity index (χ2v) is 8.30. The van der Waals surface area contributed by atoms with E-state index in [1.54, 1.807) is 4.90 Å². The molecule has 1 aromatic rings. The maximum Gasteiger partial charge on any atom is 0.414 e. The minimum atomic E-state index is -0.288. The number of carbonyl (C=O) groups excluding carboxylic acids is 1. The molecule has 2 fully saturated rings. The third-order valence-corrected chi connectivity index (χ3v) is 6.00. The number of hydrogen-bond donors (Lipinski definition) is 1. The fourth-order valence-electron chi connectivity index (χ4n) is 2.92. The van der Waals surface area contributed by atoms with Gasteiger partial charge in [-0.2, -0.15) is 11.8 Å². The van der Waals surface area contributed by atoms with Crippen LogP contribution >= 0.6 is 24.0 Å². The first-order valence-corrected chi connectivity index (χ1v) is 10.3. The van der Waals surface area contributed by atoms with Gasteiger partial charge in [-0.3, -0.25) is 4.90 Å². The van der Waals surface area contributed by atoms with Gasteiger partial charge in [0.2, 0.25) is 0 Å². The van der Waals surface area contributed by atoms with E-state index in [9.17, 15) is 4.79 Å². The quantitative estimate of drug-likeness (QED) is 0.793. The number of benzene rings is 1. The maximum absolute atomic E-state index is 12.2. The van der Waals surface area contributed by atoms with Crippen LogP contribution in [-0.2, 0) is 4.74 Å². The molecule has 1 N–H and O–H groups in total.